The lowest BCUT2D eigenvalue weighted by molar-refractivity contribution is 0.103. The predicted molar refractivity (Wildman–Crippen MR) is 59.6 cm³/mol. The van der Waals surface area contributed by atoms with Gasteiger partial charge in [-0.05, 0) is 12.1 Å². The zero-order valence-electron chi connectivity index (χ0n) is 9.11. The lowest BCUT2D eigenvalue weighted by Gasteiger charge is -1.98. The molecule has 6 heteroatoms. The third kappa shape index (κ3) is 1.42. The van der Waals surface area contributed by atoms with Gasteiger partial charge in [-0.25, -0.2) is 9.20 Å². The van der Waals surface area contributed by atoms with Gasteiger partial charge in [-0.15, -0.1) is 5.10 Å². The summed E-state index contributed by atoms with van der Waals surface area (Å²) in [7, 11) is 1.69. The van der Waals surface area contributed by atoms with Crippen LogP contribution in [-0.4, -0.2) is 30.4 Å². The molecule has 0 radical (unpaired) electrons. The number of fused-ring (bicyclic) bond motifs is 1. The molecule has 0 fully saturated rings. The summed E-state index contributed by atoms with van der Waals surface area (Å²) in [6, 6.07) is 5.58. The van der Waals surface area contributed by atoms with Crippen LogP contribution in [0.2, 0.25) is 0 Å². The molecule has 6 nitrogen and oxygen atoms in total. The van der Waals surface area contributed by atoms with Crippen LogP contribution in [0.25, 0.3) is 5.52 Å². The first kappa shape index (κ1) is 9.71. The Bertz CT molecular complexity index is 697. The number of carbonyl (C=O) groups excluding carboxylic acids is 1. The average Bonchev–Trinajstić information content (AvgIpc) is 2.94. The third-order valence-corrected chi connectivity index (χ3v) is 2.62. The van der Waals surface area contributed by atoms with Crippen molar-refractivity contribution in [1.29, 1.82) is 0 Å². The smallest absolute Gasteiger partial charge is 0.216 e. The van der Waals surface area contributed by atoms with Crippen LogP contribution >= 0.6 is 0 Å². The van der Waals surface area contributed by atoms with Crippen molar-refractivity contribution in [2.45, 2.75) is 0 Å². The van der Waals surface area contributed by atoms with E-state index in [1.54, 1.807) is 24.0 Å². The van der Waals surface area contributed by atoms with Crippen molar-refractivity contribution in [1.82, 2.24) is 24.6 Å². The monoisotopic (exact) mass is 227 g/mol. The molecule has 0 unspecified atom stereocenters. The van der Waals surface area contributed by atoms with Gasteiger partial charge >= 0.3 is 0 Å². The Balaban J connectivity index is 2.17. The maximum absolute atomic E-state index is 12.2. The van der Waals surface area contributed by atoms with Crippen molar-refractivity contribution in [2.24, 2.45) is 7.05 Å². The minimum absolute atomic E-state index is 0.126. The summed E-state index contributed by atoms with van der Waals surface area (Å²) in [4.78, 5) is 12.2. The lowest BCUT2D eigenvalue weighted by atomic mass is 10.1. The maximum atomic E-state index is 12.2. The van der Waals surface area contributed by atoms with E-state index in [4.69, 9.17) is 0 Å². The molecule has 0 bridgehead atoms. The van der Waals surface area contributed by atoms with Crippen LogP contribution in [0.5, 0.6) is 0 Å². The van der Waals surface area contributed by atoms with Crippen LogP contribution in [0.15, 0.2) is 36.8 Å². The molecule has 0 saturated heterocycles. The number of ketones is 1. The van der Waals surface area contributed by atoms with Gasteiger partial charge in [0, 0.05) is 13.2 Å². The van der Waals surface area contributed by atoms with Gasteiger partial charge < -0.3 is 0 Å². The second kappa shape index (κ2) is 3.51. The van der Waals surface area contributed by atoms with Crippen LogP contribution in [-0.2, 0) is 7.05 Å². The molecule has 0 aliphatic carbocycles. The number of carbonyl (C=O) groups is 1. The number of nitrogens with zero attached hydrogens (tertiary/aromatic N) is 5. The molecule has 0 spiro atoms. The first-order valence-corrected chi connectivity index (χ1v) is 5.09. The molecule has 0 aliphatic heterocycles. The van der Waals surface area contributed by atoms with Gasteiger partial charge in [0.25, 0.3) is 0 Å². The number of aryl methyl sites for hydroxylation is 1. The van der Waals surface area contributed by atoms with Crippen LogP contribution in [0.4, 0.5) is 0 Å². The summed E-state index contributed by atoms with van der Waals surface area (Å²) in [5.41, 5.74) is 1.78. The molecule has 3 aromatic rings. The summed E-state index contributed by atoms with van der Waals surface area (Å²) in [5, 5.41) is 11.6. The molecular formula is C11H9N5O. The highest BCUT2D eigenvalue weighted by Crippen LogP contribution is 2.14. The maximum Gasteiger partial charge on any atom is 0.216 e. The molecule has 0 N–H and O–H groups in total. The second-order valence-electron chi connectivity index (χ2n) is 3.66. The number of hydrogen-bond donors (Lipinski definition) is 0. The molecule has 0 atom stereocenters. The fourth-order valence-electron chi connectivity index (χ4n) is 1.74. The van der Waals surface area contributed by atoms with E-state index in [1.807, 2.05) is 18.2 Å². The largest absolute Gasteiger partial charge is 0.287 e. The number of rotatable bonds is 2. The Labute approximate surface area is 96.5 Å². The van der Waals surface area contributed by atoms with E-state index in [2.05, 4.69) is 15.4 Å². The van der Waals surface area contributed by atoms with E-state index in [0.29, 0.717) is 11.3 Å². The Hall–Kier alpha value is -2.50. The molecule has 0 aliphatic rings. The first-order chi connectivity index (χ1) is 8.27. The quantitative estimate of drug-likeness (QED) is 0.604. The number of pyridine rings is 1. The standard InChI is InChI=1S/C11H9N5O/c1-15-10(7-12-14-15)11(17)8-6-13-16-5-3-2-4-9(8)16/h2-7H,1H3. The SMILES string of the molecule is Cn1nncc1C(=O)c1cnn2ccccc12. The molecule has 3 heterocycles. The molecule has 0 amide bonds. The van der Waals surface area contributed by atoms with Gasteiger partial charge in [-0.1, -0.05) is 11.3 Å². The highest BCUT2D eigenvalue weighted by molar-refractivity contribution is 6.11. The van der Waals surface area contributed by atoms with Crippen LogP contribution in [0, 0.1) is 0 Å². The van der Waals surface area contributed by atoms with Crippen molar-refractivity contribution in [3.05, 3.63) is 48.0 Å². The van der Waals surface area contributed by atoms with Crippen molar-refractivity contribution in [2.75, 3.05) is 0 Å². The summed E-state index contributed by atoms with van der Waals surface area (Å²) < 4.78 is 3.12. The van der Waals surface area contributed by atoms with E-state index >= 15 is 0 Å². The molecule has 0 aromatic carbocycles. The van der Waals surface area contributed by atoms with Gasteiger partial charge in [0.15, 0.2) is 0 Å². The predicted octanol–water partition coefficient (Wildman–Crippen LogP) is 0.694. The zero-order valence-corrected chi connectivity index (χ0v) is 9.11. The zero-order chi connectivity index (χ0) is 11.8. The van der Waals surface area contributed by atoms with E-state index in [0.717, 1.165) is 5.52 Å². The minimum Gasteiger partial charge on any atom is -0.287 e. The summed E-state index contributed by atoms with van der Waals surface area (Å²) in [5.74, 6) is -0.126. The summed E-state index contributed by atoms with van der Waals surface area (Å²) in [6.07, 6.45) is 4.81. The Morgan fingerprint density at radius 2 is 2.18 bits per heavy atom. The van der Waals surface area contributed by atoms with Gasteiger partial charge in [0.05, 0.1) is 23.5 Å². The van der Waals surface area contributed by atoms with Gasteiger partial charge in [0.1, 0.15) is 5.69 Å². The van der Waals surface area contributed by atoms with E-state index < -0.39 is 0 Å². The molecule has 0 saturated carbocycles. The topological polar surface area (TPSA) is 65.1 Å². The Kier molecular flexibility index (Phi) is 2.01. The Morgan fingerprint density at radius 1 is 1.29 bits per heavy atom. The highest BCUT2D eigenvalue weighted by atomic mass is 16.1. The fourth-order valence-corrected chi connectivity index (χ4v) is 1.74. The van der Waals surface area contributed by atoms with E-state index in [9.17, 15) is 4.79 Å². The van der Waals surface area contributed by atoms with Crippen molar-refractivity contribution < 1.29 is 4.79 Å². The number of hydrogen-bond acceptors (Lipinski definition) is 4. The molecular weight excluding hydrogens is 218 g/mol. The van der Waals surface area contributed by atoms with Crippen molar-refractivity contribution in [3.8, 4) is 0 Å². The second-order valence-corrected chi connectivity index (χ2v) is 3.66. The van der Waals surface area contributed by atoms with Gasteiger partial charge in [-0.2, -0.15) is 5.10 Å². The summed E-state index contributed by atoms with van der Waals surface area (Å²) >= 11 is 0. The fraction of sp³-hybridized carbons (Fsp3) is 0.0909. The van der Waals surface area contributed by atoms with Crippen LogP contribution in [0.1, 0.15) is 16.1 Å². The highest BCUT2D eigenvalue weighted by Gasteiger charge is 2.17. The van der Waals surface area contributed by atoms with Gasteiger partial charge in [0.2, 0.25) is 5.78 Å². The van der Waals surface area contributed by atoms with Crippen LogP contribution < -0.4 is 0 Å². The third-order valence-electron chi connectivity index (χ3n) is 2.62. The molecule has 3 rings (SSSR count). The normalized spacial score (nSPS) is 10.9. The minimum atomic E-state index is -0.126. The summed E-state index contributed by atoms with van der Waals surface area (Å²) in [6.45, 7) is 0. The lowest BCUT2D eigenvalue weighted by Crippen LogP contribution is -2.07. The Morgan fingerprint density at radius 3 is 2.94 bits per heavy atom. The number of aromatic nitrogens is 5. The van der Waals surface area contributed by atoms with Crippen molar-refractivity contribution >= 4 is 11.3 Å². The van der Waals surface area contributed by atoms with E-state index in [1.165, 1.54) is 10.9 Å². The van der Waals surface area contributed by atoms with Crippen LogP contribution in [0.3, 0.4) is 0 Å². The van der Waals surface area contributed by atoms with Crippen molar-refractivity contribution in [3.63, 3.8) is 0 Å². The first-order valence-electron chi connectivity index (χ1n) is 5.09. The average molecular weight is 227 g/mol. The van der Waals surface area contributed by atoms with Gasteiger partial charge in [-0.3, -0.25) is 4.79 Å². The molecule has 17 heavy (non-hydrogen) atoms. The molecule has 84 valence electrons. The molecule has 3 aromatic heterocycles. The van der Waals surface area contributed by atoms with E-state index in [-0.39, 0.29) is 5.78 Å².